The van der Waals surface area contributed by atoms with Gasteiger partial charge in [0, 0.05) is 19.2 Å². The molecule has 5 rings (SSSR count). The van der Waals surface area contributed by atoms with Gasteiger partial charge < -0.3 is 10.2 Å². The van der Waals surface area contributed by atoms with E-state index >= 15 is 0 Å². The molecular formula is C28H25F3N6O2. The average molecular weight is 535 g/mol. The summed E-state index contributed by atoms with van der Waals surface area (Å²) in [5, 5.41) is 7.52. The van der Waals surface area contributed by atoms with Crippen molar-refractivity contribution in [2.75, 3.05) is 11.9 Å². The zero-order chi connectivity index (χ0) is 27.7. The summed E-state index contributed by atoms with van der Waals surface area (Å²) in [5.74, 6) is 5.65. The fraction of sp³-hybridized carbons (Fsp3) is 0.286. The maximum atomic E-state index is 13.6. The molecule has 200 valence electrons. The molecule has 1 aliphatic rings. The number of pyridine rings is 1. The van der Waals surface area contributed by atoms with E-state index in [1.165, 1.54) is 16.7 Å². The minimum atomic E-state index is -4.42. The Morgan fingerprint density at radius 1 is 1.18 bits per heavy atom. The van der Waals surface area contributed by atoms with Crippen molar-refractivity contribution >= 4 is 17.4 Å². The molecule has 0 saturated carbocycles. The summed E-state index contributed by atoms with van der Waals surface area (Å²) in [6, 6.07) is 11.7. The summed E-state index contributed by atoms with van der Waals surface area (Å²) in [6.45, 7) is 3.95. The third kappa shape index (κ3) is 5.23. The number of rotatable bonds is 5. The number of fused-ring (bicyclic) bond motifs is 2. The highest BCUT2D eigenvalue weighted by Crippen LogP contribution is 2.30. The number of aromatic nitrogens is 4. The molecule has 0 bridgehead atoms. The number of hydrogen-bond acceptors (Lipinski definition) is 5. The Labute approximate surface area is 222 Å². The van der Waals surface area contributed by atoms with Crippen LogP contribution in [0.5, 0.6) is 0 Å². The third-order valence-corrected chi connectivity index (χ3v) is 6.69. The fourth-order valence-electron chi connectivity index (χ4n) is 4.55. The number of nitrogens with zero attached hydrogens (tertiary/aromatic N) is 5. The topological polar surface area (TPSA) is 84.5 Å². The van der Waals surface area contributed by atoms with E-state index < -0.39 is 17.8 Å². The highest BCUT2D eigenvalue weighted by molar-refractivity contribution is 5.93. The summed E-state index contributed by atoms with van der Waals surface area (Å²) in [4.78, 5) is 33.1. The molecule has 0 unspecified atom stereocenters. The minimum Gasteiger partial charge on any atom is -0.349 e. The third-order valence-electron chi connectivity index (χ3n) is 6.69. The summed E-state index contributed by atoms with van der Waals surface area (Å²) in [6.07, 6.45) is -2.29. The van der Waals surface area contributed by atoms with Crippen molar-refractivity contribution < 1.29 is 18.0 Å². The standard InChI is InChI=1S/C28H25F3N6O2/c1-3-4-13-36-25(38)22-17-35(26(39)24-16-21-7-5-6-14-37(21)34-24)15-12-23(22)33-27(36)32-18(2)19-8-10-20(11-9-19)28(29,30)31/h5-11,14,16,18H,12-13,15,17H2,1-2H3,(H,32,33)/t18-/m0/s1. The molecule has 4 heterocycles. The lowest BCUT2D eigenvalue weighted by atomic mass is 10.1. The molecule has 0 radical (unpaired) electrons. The molecule has 1 aliphatic heterocycles. The smallest absolute Gasteiger partial charge is 0.349 e. The van der Waals surface area contributed by atoms with Crippen molar-refractivity contribution in [3.8, 4) is 11.8 Å². The van der Waals surface area contributed by atoms with Gasteiger partial charge in [0.05, 0.1) is 41.5 Å². The molecule has 1 atom stereocenters. The first kappa shape index (κ1) is 26.0. The number of hydrogen-bond donors (Lipinski definition) is 1. The lowest BCUT2D eigenvalue weighted by molar-refractivity contribution is -0.137. The zero-order valence-electron chi connectivity index (χ0n) is 21.3. The van der Waals surface area contributed by atoms with Crippen molar-refractivity contribution in [1.29, 1.82) is 0 Å². The van der Waals surface area contributed by atoms with E-state index in [-0.39, 0.29) is 30.5 Å². The molecule has 1 aromatic carbocycles. The lowest BCUT2D eigenvalue weighted by Crippen LogP contribution is -2.41. The van der Waals surface area contributed by atoms with Crippen LogP contribution in [0.15, 0.2) is 59.5 Å². The summed E-state index contributed by atoms with van der Waals surface area (Å²) < 4.78 is 41.9. The van der Waals surface area contributed by atoms with Crippen LogP contribution in [0.1, 0.15) is 52.8 Å². The molecule has 1 N–H and O–H groups in total. The molecule has 1 amide bonds. The Hall–Kier alpha value is -4.59. The van der Waals surface area contributed by atoms with E-state index in [2.05, 4.69) is 22.3 Å². The van der Waals surface area contributed by atoms with Crippen LogP contribution in [-0.4, -0.2) is 36.5 Å². The normalized spacial score (nSPS) is 13.9. The number of amides is 1. The minimum absolute atomic E-state index is 0.0675. The highest BCUT2D eigenvalue weighted by Gasteiger charge is 2.31. The van der Waals surface area contributed by atoms with Crippen molar-refractivity contribution in [2.45, 2.75) is 45.6 Å². The van der Waals surface area contributed by atoms with Crippen LogP contribution in [0.25, 0.3) is 5.52 Å². The summed E-state index contributed by atoms with van der Waals surface area (Å²) in [5.41, 5.74) is 1.61. The molecule has 0 spiro atoms. The predicted octanol–water partition coefficient (Wildman–Crippen LogP) is 4.30. The van der Waals surface area contributed by atoms with E-state index in [0.717, 1.165) is 17.6 Å². The van der Waals surface area contributed by atoms with Crippen LogP contribution in [0.3, 0.4) is 0 Å². The van der Waals surface area contributed by atoms with Gasteiger partial charge in [0.25, 0.3) is 11.5 Å². The molecule has 0 aliphatic carbocycles. The van der Waals surface area contributed by atoms with Crippen molar-refractivity contribution in [3.05, 3.63) is 93.2 Å². The first-order valence-electron chi connectivity index (χ1n) is 12.4. The van der Waals surface area contributed by atoms with Crippen LogP contribution >= 0.6 is 0 Å². The fourth-order valence-corrected chi connectivity index (χ4v) is 4.55. The zero-order valence-corrected chi connectivity index (χ0v) is 21.3. The number of benzene rings is 1. The molecule has 3 aromatic heterocycles. The van der Waals surface area contributed by atoms with E-state index in [1.54, 1.807) is 35.5 Å². The van der Waals surface area contributed by atoms with Crippen molar-refractivity contribution in [2.24, 2.45) is 0 Å². The van der Waals surface area contributed by atoms with Gasteiger partial charge in [-0.2, -0.15) is 18.3 Å². The van der Waals surface area contributed by atoms with E-state index in [4.69, 9.17) is 4.98 Å². The van der Waals surface area contributed by atoms with Gasteiger partial charge in [-0.15, -0.1) is 5.92 Å². The number of carbonyl (C=O) groups excluding carboxylic acids is 1. The van der Waals surface area contributed by atoms with Gasteiger partial charge >= 0.3 is 6.18 Å². The Balaban J connectivity index is 1.42. The second-order valence-electron chi connectivity index (χ2n) is 9.24. The molecule has 8 nitrogen and oxygen atoms in total. The van der Waals surface area contributed by atoms with E-state index in [9.17, 15) is 22.8 Å². The Bertz CT molecular complexity index is 1630. The van der Waals surface area contributed by atoms with Crippen LogP contribution in [0, 0.1) is 11.8 Å². The van der Waals surface area contributed by atoms with Crippen LogP contribution in [0.4, 0.5) is 19.1 Å². The van der Waals surface area contributed by atoms with Crippen LogP contribution in [-0.2, 0) is 25.7 Å². The highest BCUT2D eigenvalue weighted by atomic mass is 19.4. The molecule has 0 saturated heterocycles. The number of alkyl halides is 3. The predicted molar refractivity (Wildman–Crippen MR) is 139 cm³/mol. The maximum Gasteiger partial charge on any atom is 0.416 e. The lowest BCUT2D eigenvalue weighted by Gasteiger charge is -2.29. The van der Waals surface area contributed by atoms with Gasteiger partial charge in [0.1, 0.15) is 0 Å². The number of anilines is 1. The Kier molecular flexibility index (Phi) is 6.87. The molecule has 0 fully saturated rings. The van der Waals surface area contributed by atoms with Crippen LogP contribution in [0.2, 0.25) is 0 Å². The van der Waals surface area contributed by atoms with Gasteiger partial charge in [-0.3, -0.25) is 14.2 Å². The Morgan fingerprint density at radius 2 is 1.95 bits per heavy atom. The largest absolute Gasteiger partial charge is 0.416 e. The van der Waals surface area contributed by atoms with Gasteiger partial charge in [0.2, 0.25) is 5.95 Å². The number of carbonyl (C=O) groups is 1. The second kappa shape index (κ2) is 10.3. The molecular weight excluding hydrogens is 509 g/mol. The number of halogens is 3. The maximum absolute atomic E-state index is 13.6. The molecule has 39 heavy (non-hydrogen) atoms. The van der Waals surface area contributed by atoms with Gasteiger partial charge in [-0.1, -0.05) is 24.1 Å². The second-order valence-corrected chi connectivity index (χ2v) is 9.24. The molecule has 4 aromatic rings. The first-order valence-corrected chi connectivity index (χ1v) is 12.4. The van der Waals surface area contributed by atoms with Crippen LogP contribution < -0.4 is 10.9 Å². The van der Waals surface area contributed by atoms with Crippen molar-refractivity contribution in [3.63, 3.8) is 0 Å². The number of nitrogens with one attached hydrogen (secondary N) is 1. The molecule has 11 heteroatoms. The SMILES string of the molecule is CC#CCn1c(N[C@@H](C)c2ccc(C(F)(F)F)cc2)nc2c(c1=O)CN(C(=O)c1cc3ccccn3n1)CC2. The first-order chi connectivity index (χ1) is 18.7. The summed E-state index contributed by atoms with van der Waals surface area (Å²) in [7, 11) is 0. The Morgan fingerprint density at radius 3 is 2.64 bits per heavy atom. The van der Waals surface area contributed by atoms with E-state index in [0.29, 0.717) is 35.5 Å². The average Bonchev–Trinajstić information content (AvgIpc) is 3.36. The van der Waals surface area contributed by atoms with Gasteiger partial charge in [0.15, 0.2) is 5.69 Å². The quantitative estimate of drug-likeness (QED) is 0.386. The van der Waals surface area contributed by atoms with Crippen molar-refractivity contribution in [1.82, 2.24) is 24.1 Å². The van der Waals surface area contributed by atoms with Gasteiger partial charge in [-0.05, 0) is 49.7 Å². The van der Waals surface area contributed by atoms with Gasteiger partial charge in [-0.25, -0.2) is 9.50 Å². The monoisotopic (exact) mass is 534 g/mol. The van der Waals surface area contributed by atoms with E-state index in [1.807, 2.05) is 18.2 Å². The summed E-state index contributed by atoms with van der Waals surface area (Å²) >= 11 is 0.